The van der Waals surface area contributed by atoms with Crippen molar-refractivity contribution in [1.82, 2.24) is 0 Å². The molecule has 0 radical (unpaired) electrons. The first-order chi connectivity index (χ1) is 8.22. The maximum atomic E-state index is 5.72. The molecule has 0 saturated heterocycles. The second-order valence-corrected chi connectivity index (χ2v) is 5.13. The smallest absolute Gasteiger partial charge is 0.119 e. The lowest BCUT2D eigenvalue weighted by atomic mass is 10.1. The Morgan fingerprint density at radius 2 is 1.76 bits per heavy atom. The second-order valence-electron chi connectivity index (χ2n) is 5.13. The van der Waals surface area contributed by atoms with Gasteiger partial charge in [0.2, 0.25) is 0 Å². The molecule has 0 aliphatic heterocycles. The van der Waals surface area contributed by atoms with Crippen LogP contribution in [-0.2, 0) is 6.42 Å². The van der Waals surface area contributed by atoms with Crippen molar-refractivity contribution in [3.8, 4) is 5.75 Å². The summed E-state index contributed by atoms with van der Waals surface area (Å²) in [5.74, 6) is 1.82. The molecule has 0 amide bonds. The number of ether oxygens (including phenoxy) is 1. The van der Waals surface area contributed by atoms with Crippen molar-refractivity contribution in [1.29, 1.82) is 0 Å². The van der Waals surface area contributed by atoms with Crippen molar-refractivity contribution in [2.24, 2.45) is 5.92 Å². The van der Waals surface area contributed by atoms with E-state index in [9.17, 15) is 0 Å². The van der Waals surface area contributed by atoms with Crippen LogP contribution >= 0.6 is 0 Å². The summed E-state index contributed by atoms with van der Waals surface area (Å²) in [7, 11) is 0. The van der Waals surface area contributed by atoms with Gasteiger partial charge in [0.15, 0.2) is 0 Å². The molecule has 0 fully saturated rings. The van der Waals surface area contributed by atoms with E-state index in [1.165, 1.54) is 24.8 Å². The molecule has 96 valence electrons. The average Bonchev–Trinajstić information content (AvgIpc) is 2.31. The molecule has 1 heteroatoms. The number of rotatable bonds is 8. The van der Waals surface area contributed by atoms with Crippen molar-refractivity contribution in [3.05, 3.63) is 29.8 Å². The number of unbranched alkanes of at least 4 members (excludes halogenated alkanes) is 1. The van der Waals surface area contributed by atoms with Gasteiger partial charge in [-0.15, -0.1) is 0 Å². The van der Waals surface area contributed by atoms with Crippen LogP contribution in [-0.4, -0.2) is 6.61 Å². The third-order valence-electron chi connectivity index (χ3n) is 2.91. The van der Waals surface area contributed by atoms with E-state index in [-0.39, 0.29) is 0 Å². The molecule has 1 aromatic carbocycles. The Balaban J connectivity index is 2.18. The lowest BCUT2D eigenvalue weighted by Crippen LogP contribution is -1.98. The molecule has 1 rings (SSSR count). The van der Waals surface area contributed by atoms with Crippen molar-refractivity contribution < 1.29 is 4.74 Å². The van der Waals surface area contributed by atoms with Gasteiger partial charge >= 0.3 is 0 Å². The van der Waals surface area contributed by atoms with Gasteiger partial charge in [0.1, 0.15) is 5.75 Å². The summed E-state index contributed by atoms with van der Waals surface area (Å²) in [4.78, 5) is 0. The van der Waals surface area contributed by atoms with Crippen LogP contribution in [0.5, 0.6) is 5.75 Å². The lowest BCUT2D eigenvalue weighted by Gasteiger charge is -2.08. The Hall–Kier alpha value is -0.980. The summed E-state index contributed by atoms with van der Waals surface area (Å²) in [5, 5.41) is 0. The standard InChI is InChI=1S/C16H26O/c1-4-7-15-9-11-16(12-10-15)17-13-6-5-8-14(2)3/h9-12,14H,4-8,13H2,1-3H3. The molecule has 17 heavy (non-hydrogen) atoms. The van der Waals surface area contributed by atoms with Gasteiger partial charge in [-0.1, -0.05) is 45.7 Å². The van der Waals surface area contributed by atoms with E-state index in [0.29, 0.717) is 0 Å². The van der Waals surface area contributed by atoms with Crippen molar-refractivity contribution in [3.63, 3.8) is 0 Å². The molecular formula is C16H26O. The Morgan fingerprint density at radius 1 is 1.06 bits per heavy atom. The zero-order valence-electron chi connectivity index (χ0n) is 11.5. The minimum absolute atomic E-state index is 0.809. The number of aryl methyl sites for hydroxylation is 1. The Bertz CT molecular complexity index is 287. The number of hydrogen-bond acceptors (Lipinski definition) is 1. The summed E-state index contributed by atoms with van der Waals surface area (Å²) in [6.07, 6.45) is 6.10. The highest BCUT2D eigenvalue weighted by Gasteiger charge is 1.97. The SMILES string of the molecule is CCCc1ccc(OCCCCC(C)C)cc1. The number of benzene rings is 1. The largest absolute Gasteiger partial charge is 0.494 e. The summed E-state index contributed by atoms with van der Waals surface area (Å²) in [5.41, 5.74) is 1.40. The van der Waals surface area contributed by atoms with E-state index in [1.54, 1.807) is 0 Å². The first-order valence-corrected chi connectivity index (χ1v) is 6.94. The highest BCUT2D eigenvalue weighted by Crippen LogP contribution is 2.14. The Morgan fingerprint density at radius 3 is 2.35 bits per heavy atom. The fraction of sp³-hybridized carbons (Fsp3) is 0.625. The molecular weight excluding hydrogens is 208 g/mol. The zero-order valence-corrected chi connectivity index (χ0v) is 11.5. The van der Waals surface area contributed by atoms with Crippen LogP contribution in [0.2, 0.25) is 0 Å². The Kier molecular flexibility index (Phi) is 6.76. The molecule has 0 aliphatic rings. The van der Waals surface area contributed by atoms with Crippen LogP contribution < -0.4 is 4.74 Å². The van der Waals surface area contributed by atoms with Crippen LogP contribution in [0.25, 0.3) is 0 Å². The highest BCUT2D eigenvalue weighted by atomic mass is 16.5. The maximum Gasteiger partial charge on any atom is 0.119 e. The minimum atomic E-state index is 0.809. The molecule has 1 aromatic rings. The normalized spacial score (nSPS) is 10.8. The first-order valence-electron chi connectivity index (χ1n) is 6.94. The quantitative estimate of drug-likeness (QED) is 0.585. The topological polar surface area (TPSA) is 9.23 Å². The molecule has 0 unspecified atom stereocenters. The molecule has 0 spiro atoms. The summed E-state index contributed by atoms with van der Waals surface area (Å²) in [6, 6.07) is 8.53. The van der Waals surface area contributed by atoms with Gasteiger partial charge in [0.05, 0.1) is 6.61 Å². The van der Waals surface area contributed by atoms with Crippen molar-refractivity contribution >= 4 is 0 Å². The number of hydrogen-bond donors (Lipinski definition) is 0. The predicted octanol–water partition coefficient (Wildman–Crippen LogP) is 4.84. The molecule has 0 aliphatic carbocycles. The van der Waals surface area contributed by atoms with Gasteiger partial charge in [-0.05, 0) is 42.9 Å². The first kappa shape index (κ1) is 14.1. The third-order valence-corrected chi connectivity index (χ3v) is 2.91. The minimum Gasteiger partial charge on any atom is -0.494 e. The fourth-order valence-corrected chi connectivity index (χ4v) is 1.89. The summed E-state index contributed by atoms with van der Waals surface area (Å²) < 4.78 is 5.72. The van der Waals surface area contributed by atoms with Crippen LogP contribution in [0.15, 0.2) is 24.3 Å². The van der Waals surface area contributed by atoms with Gasteiger partial charge in [-0.3, -0.25) is 0 Å². The molecule has 0 N–H and O–H groups in total. The van der Waals surface area contributed by atoms with Gasteiger partial charge in [0.25, 0.3) is 0 Å². The average molecular weight is 234 g/mol. The molecule has 0 atom stereocenters. The van der Waals surface area contributed by atoms with Crippen molar-refractivity contribution in [2.75, 3.05) is 6.61 Å². The zero-order chi connectivity index (χ0) is 12.5. The lowest BCUT2D eigenvalue weighted by molar-refractivity contribution is 0.301. The molecule has 0 saturated carbocycles. The van der Waals surface area contributed by atoms with Gasteiger partial charge in [0, 0.05) is 0 Å². The van der Waals surface area contributed by atoms with Gasteiger partial charge in [-0.2, -0.15) is 0 Å². The highest BCUT2D eigenvalue weighted by molar-refractivity contribution is 5.27. The molecule has 0 heterocycles. The second kappa shape index (κ2) is 8.16. The van der Waals surface area contributed by atoms with Crippen molar-refractivity contribution in [2.45, 2.75) is 52.9 Å². The fourth-order valence-electron chi connectivity index (χ4n) is 1.89. The Labute approximate surface area is 106 Å². The van der Waals surface area contributed by atoms with E-state index in [0.717, 1.165) is 31.1 Å². The maximum absolute atomic E-state index is 5.72. The summed E-state index contributed by atoms with van der Waals surface area (Å²) in [6.45, 7) is 7.60. The molecule has 0 aromatic heterocycles. The van der Waals surface area contributed by atoms with Gasteiger partial charge in [-0.25, -0.2) is 0 Å². The van der Waals surface area contributed by atoms with Gasteiger partial charge < -0.3 is 4.74 Å². The van der Waals surface area contributed by atoms with Crippen LogP contribution in [0.3, 0.4) is 0 Å². The summed E-state index contributed by atoms with van der Waals surface area (Å²) >= 11 is 0. The molecule has 0 bridgehead atoms. The van der Waals surface area contributed by atoms with Crippen LogP contribution in [0.1, 0.15) is 52.0 Å². The van der Waals surface area contributed by atoms with Crippen LogP contribution in [0, 0.1) is 5.92 Å². The van der Waals surface area contributed by atoms with E-state index in [2.05, 4.69) is 45.0 Å². The van der Waals surface area contributed by atoms with E-state index < -0.39 is 0 Å². The predicted molar refractivity (Wildman–Crippen MR) is 74.6 cm³/mol. The van der Waals surface area contributed by atoms with E-state index >= 15 is 0 Å². The van der Waals surface area contributed by atoms with E-state index in [1.807, 2.05) is 0 Å². The monoisotopic (exact) mass is 234 g/mol. The third kappa shape index (κ3) is 6.35. The van der Waals surface area contributed by atoms with E-state index in [4.69, 9.17) is 4.74 Å². The molecule has 1 nitrogen and oxygen atoms in total. The van der Waals surface area contributed by atoms with Crippen LogP contribution in [0.4, 0.5) is 0 Å².